The van der Waals surface area contributed by atoms with Crippen LogP contribution in [0.25, 0.3) is 0 Å². The number of rotatable bonds is 8. The summed E-state index contributed by atoms with van der Waals surface area (Å²) in [7, 11) is -2.33. The third-order valence-electron chi connectivity index (χ3n) is 3.01. The number of benzene rings is 1. The molecule has 0 amide bonds. The van der Waals surface area contributed by atoms with Crippen molar-refractivity contribution in [2.75, 3.05) is 0 Å². The van der Waals surface area contributed by atoms with E-state index in [-0.39, 0.29) is 0 Å². The number of unbranched alkanes of at least 4 members (excludes halogenated alkanes) is 3. The van der Waals surface area contributed by atoms with Crippen LogP contribution in [-0.2, 0) is 12.8 Å². The van der Waals surface area contributed by atoms with Crippen LogP contribution in [0.1, 0.15) is 50.7 Å². The molecule has 0 aliphatic heterocycles. The molecule has 0 fully saturated rings. The van der Waals surface area contributed by atoms with E-state index in [1.165, 1.54) is 24.8 Å². The second-order valence-electron chi connectivity index (χ2n) is 4.45. The lowest BCUT2D eigenvalue weighted by Gasteiger charge is -2.12. The van der Waals surface area contributed by atoms with Gasteiger partial charge >= 0.3 is 8.60 Å². The minimum atomic E-state index is -2.33. The Hall–Kier alpha value is -0.630. The highest BCUT2D eigenvalue weighted by molar-refractivity contribution is 7.39. The van der Waals surface area contributed by atoms with Crippen molar-refractivity contribution in [3.05, 3.63) is 29.3 Å². The number of hydrogen-bond donors (Lipinski definition) is 2. The molecule has 0 unspecified atom stereocenters. The summed E-state index contributed by atoms with van der Waals surface area (Å²) >= 11 is 0. The normalized spacial score (nSPS) is 10.9. The van der Waals surface area contributed by atoms with Crippen LogP contribution in [0, 0.1) is 0 Å². The van der Waals surface area contributed by atoms with Gasteiger partial charge in [0.2, 0.25) is 0 Å². The molecule has 0 saturated carbocycles. The van der Waals surface area contributed by atoms with Gasteiger partial charge in [0.25, 0.3) is 0 Å². The molecule has 18 heavy (non-hydrogen) atoms. The van der Waals surface area contributed by atoms with E-state index >= 15 is 0 Å². The van der Waals surface area contributed by atoms with Gasteiger partial charge in [-0.05, 0) is 36.5 Å². The van der Waals surface area contributed by atoms with Crippen molar-refractivity contribution in [3.8, 4) is 5.75 Å². The summed E-state index contributed by atoms with van der Waals surface area (Å²) < 4.78 is 5.08. The first kappa shape index (κ1) is 15.4. The lowest BCUT2D eigenvalue weighted by Crippen LogP contribution is -1.95. The molecule has 3 nitrogen and oxygen atoms in total. The molecule has 2 N–H and O–H groups in total. The Labute approximate surface area is 111 Å². The van der Waals surface area contributed by atoms with Crippen molar-refractivity contribution in [1.29, 1.82) is 0 Å². The molecule has 4 heteroatoms. The largest absolute Gasteiger partial charge is 0.427 e. The summed E-state index contributed by atoms with van der Waals surface area (Å²) in [5.41, 5.74) is 2.34. The first-order chi connectivity index (χ1) is 8.67. The van der Waals surface area contributed by atoms with E-state index in [0.29, 0.717) is 5.75 Å². The highest BCUT2D eigenvalue weighted by atomic mass is 31.2. The highest BCUT2D eigenvalue weighted by Gasteiger charge is 2.09. The molecule has 0 aliphatic carbocycles. The maximum atomic E-state index is 8.96. The van der Waals surface area contributed by atoms with Gasteiger partial charge in [-0.1, -0.05) is 45.2 Å². The summed E-state index contributed by atoms with van der Waals surface area (Å²) in [6.07, 6.45) is 6.71. The molecule has 0 atom stereocenters. The lowest BCUT2D eigenvalue weighted by atomic mass is 10.0. The van der Waals surface area contributed by atoms with Crippen LogP contribution < -0.4 is 4.52 Å². The Morgan fingerprint density at radius 2 is 1.89 bits per heavy atom. The summed E-state index contributed by atoms with van der Waals surface area (Å²) in [5, 5.41) is 0. The van der Waals surface area contributed by atoms with Gasteiger partial charge in [0.1, 0.15) is 5.75 Å². The molecule has 0 radical (unpaired) electrons. The smallest absolute Gasteiger partial charge is 0.391 e. The molecule has 1 rings (SSSR count). The van der Waals surface area contributed by atoms with E-state index in [4.69, 9.17) is 14.3 Å². The zero-order valence-electron chi connectivity index (χ0n) is 11.2. The van der Waals surface area contributed by atoms with Gasteiger partial charge in [0, 0.05) is 0 Å². The average molecular weight is 270 g/mol. The molecular formula is C14H23O3P. The Morgan fingerprint density at radius 1 is 1.11 bits per heavy atom. The number of aryl methyl sites for hydroxylation is 2. The van der Waals surface area contributed by atoms with Gasteiger partial charge in [-0.3, -0.25) is 0 Å². The summed E-state index contributed by atoms with van der Waals surface area (Å²) in [5.74, 6) is 0.611. The zero-order chi connectivity index (χ0) is 13.4. The van der Waals surface area contributed by atoms with Crippen molar-refractivity contribution in [3.63, 3.8) is 0 Å². The first-order valence-electron chi connectivity index (χ1n) is 6.65. The second kappa shape index (κ2) is 8.47. The predicted molar refractivity (Wildman–Crippen MR) is 75.7 cm³/mol. The van der Waals surface area contributed by atoms with Gasteiger partial charge in [0.05, 0.1) is 0 Å². The van der Waals surface area contributed by atoms with Crippen LogP contribution >= 0.6 is 8.60 Å². The van der Waals surface area contributed by atoms with Gasteiger partial charge < -0.3 is 14.3 Å². The van der Waals surface area contributed by atoms with Crippen molar-refractivity contribution in [1.82, 2.24) is 0 Å². The molecular weight excluding hydrogens is 247 g/mol. The monoisotopic (exact) mass is 270 g/mol. The van der Waals surface area contributed by atoms with Gasteiger partial charge in [0.15, 0.2) is 0 Å². The van der Waals surface area contributed by atoms with Crippen molar-refractivity contribution in [2.45, 2.75) is 52.4 Å². The molecule has 102 valence electrons. The lowest BCUT2D eigenvalue weighted by molar-refractivity contribution is 0.373. The van der Waals surface area contributed by atoms with E-state index in [0.717, 1.165) is 24.8 Å². The minimum absolute atomic E-state index is 0.611. The second-order valence-corrected chi connectivity index (χ2v) is 5.14. The molecule has 0 aliphatic rings. The van der Waals surface area contributed by atoms with Crippen LogP contribution in [0.5, 0.6) is 5.75 Å². The Morgan fingerprint density at radius 3 is 2.50 bits per heavy atom. The zero-order valence-corrected chi connectivity index (χ0v) is 12.1. The average Bonchev–Trinajstić information content (AvgIpc) is 2.35. The summed E-state index contributed by atoms with van der Waals surface area (Å²) in [6.45, 7) is 4.30. The van der Waals surface area contributed by atoms with Gasteiger partial charge in [-0.2, -0.15) is 0 Å². The van der Waals surface area contributed by atoms with E-state index in [1.807, 2.05) is 12.1 Å². The van der Waals surface area contributed by atoms with Crippen LogP contribution in [0.3, 0.4) is 0 Å². The first-order valence-corrected chi connectivity index (χ1v) is 7.81. The van der Waals surface area contributed by atoms with E-state index in [2.05, 4.69) is 19.9 Å². The van der Waals surface area contributed by atoms with E-state index in [1.54, 1.807) is 0 Å². The molecule has 0 bridgehead atoms. The molecule has 0 aromatic heterocycles. The van der Waals surface area contributed by atoms with Crippen molar-refractivity contribution < 1.29 is 14.3 Å². The Balaban J connectivity index is 2.69. The Kier molecular flexibility index (Phi) is 7.26. The number of hydrogen-bond acceptors (Lipinski definition) is 3. The van der Waals surface area contributed by atoms with Crippen LogP contribution in [0.2, 0.25) is 0 Å². The molecule has 1 aromatic carbocycles. The standard InChI is InChI=1S/C14H23O3P/c1-3-5-6-7-8-13-11-12(4-2)9-10-14(13)17-18(15)16/h9-11,15-16H,3-8H2,1-2H3. The summed E-state index contributed by atoms with van der Waals surface area (Å²) in [4.78, 5) is 17.9. The molecule has 1 aromatic rings. The fraction of sp³-hybridized carbons (Fsp3) is 0.571. The van der Waals surface area contributed by atoms with E-state index in [9.17, 15) is 0 Å². The third-order valence-corrected chi connectivity index (χ3v) is 3.37. The fourth-order valence-electron chi connectivity index (χ4n) is 1.97. The predicted octanol–water partition coefficient (Wildman–Crippen LogP) is 3.96. The van der Waals surface area contributed by atoms with Gasteiger partial charge in [-0.15, -0.1) is 0 Å². The minimum Gasteiger partial charge on any atom is -0.427 e. The maximum absolute atomic E-state index is 8.96. The molecule has 0 saturated heterocycles. The highest BCUT2D eigenvalue weighted by Crippen LogP contribution is 2.33. The Bertz CT molecular complexity index is 353. The fourth-order valence-corrected chi connectivity index (χ4v) is 2.32. The van der Waals surface area contributed by atoms with Crippen molar-refractivity contribution >= 4 is 8.60 Å². The molecule has 0 spiro atoms. The van der Waals surface area contributed by atoms with E-state index < -0.39 is 8.60 Å². The van der Waals surface area contributed by atoms with Crippen molar-refractivity contribution in [2.24, 2.45) is 0 Å². The van der Waals surface area contributed by atoms with Gasteiger partial charge in [-0.25, -0.2) is 0 Å². The maximum Gasteiger partial charge on any atom is 0.391 e. The third kappa shape index (κ3) is 5.34. The molecule has 0 heterocycles. The summed E-state index contributed by atoms with van der Waals surface area (Å²) in [6, 6.07) is 5.93. The van der Waals surface area contributed by atoms with Crippen LogP contribution in [0.4, 0.5) is 0 Å². The van der Waals surface area contributed by atoms with Crippen LogP contribution in [0.15, 0.2) is 18.2 Å². The SMILES string of the molecule is CCCCCCc1cc(CC)ccc1OP(O)O. The quantitative estimate of drug-likeness (QED) is 0.555. The van der Waals surface area contributed by atoms with Crippen LogP contribution in [-0.4, -0.2) is 9.79 Å². The topological polar surface area (TPSA) is 49.7 Å².